The van der Waals surface area contributed by atoms with Crippen LogP contribution in [-0.4, -0.2) is 27.4 Å². The quantitative estimate of drug-likeness (QED) is 0.787. The van der Waals surface area contributed by atoms with Crippen molar-refractivity contribution in [1.29, 1.82) is 0 Å². The molecule has 2 aromatic carbocycles. The van der Waals surface area contributed by atoms with E-state index in [-0.39, 0.29) is 12.1 Å². The lowest BCUT2D eigenvalue weighted by atomic mass is 10.0. The van der Waals surface area contributed by atoms with E-state index in [0.717, 1.165) is 24.2 Å². The van der Waals surface area contributed by atoms with E-state index in [1.54, 1.807) is 39.5 Å². The lowest BCUT2D eigenvalue weighted by Gasteiger charge is -2.20. The molecule has 26 heavy (non-hydrogen) atoms. The second-order valence-electron chi connectivity index (χ2n) is 6.25. The molecule has 1 aliphatic carbocycles. The number of amides is 2. The van der Waals surface area contributed by atoms with Crippen LogP contribution in [0.2, 0.25) is 0 Å². The number of ether oxygens (including phenoxy) is 3. The van der Waals surface area contributed by atoms with Crippen molar-refractivity contribution in [3.63, 3.8) is 0 Å². The first-order valence-electron chi connectivity index (χ1n) is 8.58. The van der Waals surface area contributed by atoms with Crippen molar-refractivity contribution in [2.24, 2.45) is 5.92 Å². The zero-order chi connectivity index (χ0) is 18.5. The average molecular weight is 356 g/mol. The summed E-state index contributed by atoms with van der Waals surface area (Å²) in [5.74, 6) is 2.48. The van der Waals surface area contributed by atoms with Crippen LogP contribution in [-0.2, 0) is 0 Å². The third kappa shape index (κ3) is 4.20. The highest BCUT2D eigenvalue weighted by molar-refractivity contribution is 5.91. The van der Waals surface area contributed by atoms with Crippen LogP contribution in [0, 0.1) is 5.92 Å². The summed E-state index contributed by atoms with van der Waals surface area (Å²) in [5, 5.41) is 5.94. The number of hydrogen-bond donors (Lipinski definition) is 2. The third-order valence-corrected chi connectivity index (χ3v) is 4.51. The van der Waals surface area contributed by atoms with Gasteiger partial charge in [-0.25, -0.2) is 4.79 Å². The van der Waals surface area contributed by atoms with Crippen molar-refractivity contribution in [1.82, 2.24) is 5.32 Å². The Hall–Kier alpha value is -2.89. The predicted molar refractivity (Wildman–Crippen MR) is 100 cm³/mol. The van der Waals surface area contributed by atoms with Crippen molar-refractivity contribution in [2.45, 2.75) is 18.9 Å². The first-order chi connectivity index (χ1) is 12.6. The van der Waals surface area contributed by atoms with Gasteiger partial charge in [-0.3, -0.25) is 0 Å². The molecule has 0 aromatic heterocycles. The van der Waals surface area contributed by atoms with Gasteiger partial charge in [0.25, 0.3) is 0 Å². The van der Waals surface area contributed by atoms with E-state index < -0.39 is 0 Å². The molecule has 1 saturated carbocycles. The zero-order valence-electron chi connectivity index (χ0n) is 15.2. The van der Waals surface area contributed by atoms with Crippen LogP contribution in [0.4, 0.5) is 10.5 Å². The average Bonchev–Trinajstić information content (AvgIpc) is 3.51. The minimum absolute atomic E-state index is 0.0301. The maximum Gasteiger partial charge on any atom is 0.319 e. The van der Waals surface area contributed by atoms with Gasteiger partial charge in [0.15, 0.2) is 0 Å². The molecule has 0 radical (unpaired) electrons. The predicted octanol–water partition coefficient (Wildman–Crippen LogP) is 3.99. The summed E-state index contributed by atoms with van der Waals surface area (Å²) in [4.78, 5) is 12.6. The molecular weight excluding hydrogens is 332 g/mol. The number of hydrogen-bond acceptors (Lipinski definition) is 4. The topological polar surface area (TPSA) is 68.8 Å². The molecule has 0 saturated heterocycles. The Bertz CT molecular complexity index is 757. The minimum atomic E-state index is -0.274. The number of methoxy groups -OCH3 is 3. The Morgan fingerprint density at radius 2 is 1.62 bits per heavy atom. The molecule has 0 spiro atoms. The monoisotopic (exact) mass is 356 g/mol. The van der Waals surface area contributed by atoms with Crippen LogP contribution < -0.4 is 24.8 Å². The Morgan fingerprint density at radius 3 is 2.19 bits per heavy atom. The molecule has 2 amide bonds. The van der Waals surface area contributed by atoms with Gasteiger partial charge < -0.3 is 24.8 Å². The van der Waals surface area contributed by atoms with Gasteiger partial charge in [0, 0.05) is 6.07 Å². The van der Waals surface area contributed by atoms with Crippen LogP contribution in [0.25, 0.3) is 0 Å². The highest BCUT2D eigenvalue weighted by Crippen LogP contribution is 2.41. The number of rotatable bonds is 7. The maximum atomic E-state index is 12.6. The number of urea groups is 1. The van der Waals surface area contributed by atoms with Crippen LogP contribution in [0.3, 0.4) is 0 Å². The van der Waals surface area contributed by atoms with Crippen LogP contribution >= 0.6 is 0 Å². The maximum absolute atomic E-state index is 12.6. The standard InChI is InChI=1S/C20H24N2O4/c1-24-15-8-6-14(7-9-15)19(13-4-5-13)22-20(23)21-17-12-16(25-2)10-11-18(17)26-3/h6-13,19H,4-5H2,1-3H3,(H2,21,22,23). The highest BCUT2D eigenvalue weighted by Gasteiger charge is 2.33. The van der Waals surface area contributed by atoms with Gasteiger partial charge in [-0.15, -0.1) is 0 Å². The molecular formula is C20H24N2O4. The molecule has 1 unspecified atom stereocenters. The van der Waals surface area contributed by atoms with E-state index >= 15 is 0 Å². The molecule has 2 aromatic rings. The van der Waals surface area contributed by atoms with Crippen molar-refractivity contribution in [2.75, 3.05) is 26.6 Å². The summed E-state index contributed by atoms with van der Waals surface area (Å²) in [6.07, 6.45) is 2.22. The number of carbonyl (C=O) groups excluding carboxylic acids is 1. The lowest BCUT2D eigenvalue weighted by Crippen LogP contribution is -2.33. The van der Waals surface area contributed by atoms with Crippen molar-refractivity contribution >= 4 is 11.7 Å². The van der Waals surface area contributed by atoms with Gasteiger partial charge in [-0.2, -0.15) is 0 Å². The van der Waals surface area contributed by atoms with Crippen LogP contribution in [0.5, 0.6) is 17.2 Å². The SMILES string of the molecule is COc1ccc(C(NC(=O)Nc2cc(OC)ccc2OC)C2CC2)cc1. The summed E-state index contributed by atoms with van der Waals surface area (Å²) in [7, 11) is 4.79. The number of nitrogens with one attached hydrogen (secondary N) is 2. The molecule has 0 heterocycles. The largest absolute Gasteiger partial charge is 0.497 e. The molecule has 138 valence electrons. The lowest BCUT2D eigenvalue weighted by molar-refractivity contribution is 0.247. The second kappa shape index (κ2) is 7.99. The van der Waals surface area contributed by atoms with Gasteiger partial charge >= 0.3 is 6.03 Å². The van der Waals surface area contributed by atoms with Crippen molar-refractivity contribution in [3.8, 4) is 17.2 Å². The normalized spacial score (nSPS) is 14.3. The van der Waals surface area contributed by atoms with E-state index in [9.17, 15) is 4.79 Å². The van der Waals surface area contributed by atoms with E-state index in [4.69, 9.17) is 14.2 Å². The summed E-state index contributed by atoms with van der Waals surface area (Å²) in [6.45, 7) is 0. The Morgan fingerprint density at radius 1 is 0.962 bits per heavy atom. The first-order valence-corrected chi connectivity index (χ1v) is 8.58. The second-order valence-corrected chi connectivity index (χ2v) is 6.25. The van der Waals surface area contributed by atoms with Crippen molar-refractivity contribution < 1.29 is 19.0 Å². The first kappa shape index (κ1) is 17.9. The van der Waals surface area contributed by atoms with Gasteiger partial charge in [0.2, 0.25) is 0 Å². The van der Waals surface area contributed by atoms with Gasteiger partial charge in [0.1, 0.15) is 17.2 Å². The summed E-state index contributed by atoms with van der Waals surface area (Å²) < 4.78 is 15.7. The zero-order valence-corrected chi connectivity index (χ0v) is 15.2. The highest BCUT2D eigenvalue weighted by atomic mass is 16.5. The third-order valence-electron chi connectivity index (χ3n) is 4.51. The van der Waals surface area contributed by atoms with Gasteiger partial charge in [-0.05, 0) is 48.6 Å². The summed E-state index contributed by atoms with van der Waals surface area (Å²) in [6, 6.07) is 12.8. The Labute approximate surface area is 153 Å². The number of anilines is 1. The fourth-order valence-electron chi connectivity index (χ4n) is 2.93. The van der Waals surface area contributed by atoms with E-state index in [2.05, 4.69) is 10.6 Å². The molecule has 6 heteroatoms. The summed E-state index contributed by atoms with van der Waals surface area (Å²) >= 11 is 0. The fraction of sp³-hybridized carbons (Fsp3) is 0.350. The minimum Gasteiger partial charge on any atom is -0.497 e. The van der Waals surface area contributed by atoms with Crippen LogP contribution in [0.15, 0.2) is 42.5 Å². The van der Waals surface area contributed by atoms with E-state index in [1.807, 2.05) is 24.3 Å². The Balaban J connectivity index is 1.72. The Kier molecular flexibility index (Phi) is 5.51. The molecule has 2 N–H and O–H groups in total. The molecule has 0 bridgehead atoms. The number of carbonyl (C=O) groups is 1. The summed E-state index contributed by atoms with van der Waals surface area (Å²) in [5.41, 5.74) is 1.63. The van der Waals surface area contributed by atoms with Crippen molar-refractivity contribution in [3.05, 3.63) is 48.0 Å². The molecule has 1 atom stereocenters. The molecule has 1 aliphatic rings. The molecule has 0 aliphatic heterocycles. The van der Waals surface area contributed by atoms with E-state index in [0.29, 0.717) is 23.1 Å². The van der Waals surface area contributed by atoms with E-state index in [1.165, 1.54) is 0 Å². The van der Waals surface area contributed by atoms with Crippen LogP contribution in [0.1, 0.15) is 24.4 Å². The fourth-order valence-corrected chi connectivity index (χ4v) is 2.93. The smallest absolute Gasteiger partial charge is 0.319 e. The van der Waals surface area contributed by atoms with Gasteiger partial charge in [-0.1, -0.05) is 12.1 Å². The van der Waals surface area contributed by atoms with Gasteiger partial charge in [0.05, 0.1) is 33.1 Å². The molecule has 1 fully saturated rings. The number of benzene rings is 2. The molecule has 6 nitrogen and oxygen atoms in total. The molecule has 3 rings (SSSR count).